The first-order valence-corrected chi connectivity index (χ1v) is 7.65. The predicted octanol–water partition coefficient (Wildman–Crippen LogP) is 3.34. The molecule has 0 unspecified atom stereocenters. The molecule has 0 spiro atoms. The number of aromatic nitrogens is 1. The number of carbonyl (C=O) groups is 2. The number of ether oxygens (including phenoxy) is 1. The Kier molecular flexibility index (Phi) is 5.43. The molecular formula is C16H16N2O3S. The zero-order valence-electron chi connectivity index (χ0n) is 12.3. The second-order valence-corrected chi connectivity index (χ2v) is 5.28. The maximum Gasteiger partial charge on any atom is 0.330 e. The van der Waals surface area contributed by atoms with E-state index in [1.807, 2.05) is 29.6 Å². The van der Waals surface area contributed by atoms with Crippen molar-refractivity contribution in [1.29, 1.82) is 0 Å². The lowest BCUT2D eigenvalue weighted by molar-refractivity contribution is -0.137. The molecule has 0 aliphatic heterocycles. The minimum atomic E-state index is -0.356. The van der Waals surface area contributed by atoms with E-state index in [9.17, 15) is 9.59 Å². The van der Waals surface area contributed by atoms with Gasteiger partial charge in [-0.05, 0) is 18.6 Å². The highest BCUT2D eigenvalue weighted by Gasteiger charge is 2.05. The topological polar surface area (TPSA) is 68.3 Å². The van der Waals surface area contributed by atoms with Gasteiger partial charge < -0.3 is 10.1 Å². The molecule has 1 aromatic heterocycles. The summed E-state index contributed by atoms with van der Waals surface area (Å²) in [5.41, 5.74) is 2.64. The molecule has 0 bridgehead atoms. The second kappa shape index (κ2) is 7.51. The number of carbonyl (C=O) groups excluding carboxylic acids is 2. The number of rotatable bonds is 5. The first-order chi connectivity index (χ1) is 10.6. The number of amides is 1. The van der Waals surface area contributed by atoms with Gasteiger partial charge in [0.15, 0.2) is 5.13 Å². The number of thiazole rings is 1. The van der Waals surface area contributed by atoms with Crippen LogP contribution in [-0.2, 0) is 14.3 Å². The number of nitrogens with zero attached hydrogens (tertiary/aromatic N) is 1. The van der Waals surface area contributed by atoms with Crippen molar-refractivity contribution in [3.05, 3.63) is 41.3 Å². The fourth-order valence-corrected chi connectivity index (χ4v) is 2.50. The fourth-order valence-electron chi connectivity index (χ4n) is 1.73. The van der Waals surface area contributed by atoms with Gasteiger partial charge in [-0.15, -0.1) is 11.3 Å². The van der Waals surface area contributed by atoms with Crippen molar-refractivity contribution in [2.75, 3.05) is 11.9 Å². The quantitative estimate of drug-likeness (QED) is 0.678. The largest absolute Gasteiger partial charge is 0.463 e. The van der Waals surface area contributed by atoms with Gasteiger partial charge in [0.25, 0.3) is 0 Å². The summed E-state index contributed by atoms with van der Waals surface area (Å²) >= 11 is 1.38. The summed E-state index contributed by atoms with van der Waals surface area (Å²) < 4.78 is 4.82. The Labute approximate surface area is 132 Å². The summed E-state index contributed by atoms with van der Waals surface area (Å²) in [5, 5.41) is 5.12. The van der Waals surface area contributed by atoms with Crippen LogP contribution in [0.25, 0.3) is 17.3 Å². The summed E-state index contributed by atoms with van der Waals surface area (Å²) in [7, 11) is 0. The highest BCUT2D eigenvalue weighted by molar-refractivity contribution is 7.14. The number of nitrogens with one attached hydrogen (secondary N) is 1. The molecule has 1 aromatic carbocycles. The molecule has 0 saturated carbocycles. The van der Waals surface area contributed by atoms with Gasteiger partial charge in [0.2, 0.25) is 5.91 Å². The van der Waals surface area contributed by atoms with E-state index in [2.05, 4.69) is 10.3 Å². The molecule has 0 fully saturated rings. The number of hydrogen-bond acceptors (Lipinski definition) is 5. The van der Waals surface area contributed by atoms with Crippen molar-refractivity contribution in [3.8, 4) is 11.3 Å². The zero-order valence-corrected chi connectivity index (χ0v) is 13.1. The standard InChI is InChI=1S/C16H16N2O3S/c1-3-21-15(20)9-6-12-4-7-13(8-5-12)14-10-22-16(18-14)17-11(2)19/h4-10H,3H2,1-2H3,(H,17,18,19). The monoisotopic (exact) mass is 316 g/mol. The molecule has 22 heavy (non-hydrogen) atoms. The third-order valence-corrected chi connectivity index (χ3v) is 3.45. The summed E-state index contributed by atoms with van der Waals surface area (Å²) in [6.45, 7) is 3.58. The SMILES string of the molecule is CCOC(=O)C=Cc1ccc(-c2csc(NC(C)=O)n2)cc1. The highest BCUT2D eigenvalue weighted by atomic mass is 32.1. The van der Waals surface area contributed by atoms with Crippen molar-refractivity contribution in [3.63, 3.8) is 0 Å². The highest BCUT2D eigenvalue weighted by Crippen LogP contribution is 2.25. The molecule has 0 saturated heterocycles. The van der Waals surface area contributed by atoms with Gasteiger partial charge in [-0.2, -0.15) is 0 Å². The molecule has 0 radical (unpaired) electrons. The zero-order chi connectivity index (χ0) is 15.9. The van der Waals surface area contributed by atoms with Crippen LogP contribution in [0.3, 0.4) is 0 Å². The molecule has 0 atom stereocenters. The van der Waals surface area contributed by atoms with Gasteiger partial charge in [-0.1, -0.05) is 24.3 Å². The van der Waals surface area contributed by atoms with Gasteiger partial charge in [-0.25, -0.2) is 9.78 Å². The van der Waals surface area contributed by atoms with Crippen molar-refractivity contribution < 1.29 is 14.3 Å². The van der Waals surface area contributed by atoms with E-state index in [1.165, 1.54) is 24.3 Å². The number of esters is 1. The van der Waals surface area contributed by atoms with Crippen molar-refractivity contribution >= 4 is 34.4 Å². The Hall–Kier alpha value is -2.47. The lowest BCUT2D eigenvalue weighted by atomic mass is 10.1. The van der Waals surface area contributed by atoms with Crippen LogP contribution in [0, 0.1) is 0 Å². The first-order valence-electron chi connectivity index (χ1n) is 6.77. The average molecular weight is 316 g/mol. The van der Waals surface area contributed by atoms with Crippen LogP contribution in [-0.4, -0.2) is 23.5 Å². The molecule has 5 nitrogen and oxygen atoms in total. The van der Waals surface area contributed by atoms with Crippen LogP contribution >= 0.6 is 11.3 Å². The molecule has 0 aliphatic carbocycles. The second-order valence-electron chi connectivity index (χ2n) is 4.43. The van der Waals surface area contributed by atoms with Gasteiger partial charge in [0, 0.05) is 23.9 Å². The molecular weight excluding hydrogens is 300 g/mol. The van der Waals surface area contributed by atoms with E-state index in [1.54, 1.807) is 13.0 Å². The lowest BCUT2D eigenvalue weighted by Gasteiger charge is -1.99. The van der Waals surface area contributed by atoms with Crippen LogP contribution in [0.1, 0.15) is 19.4 Å². The Balaban J connectivity index is 2.07. The predicted molar refractivity (Wildman–Crippen MR) is 87.5 cm³/mol. The molecule has 6 heteroatoms. The maximum absolute atomic E-state index is 11.2. The van der Waals surface area contributed by atoms with Crippen LogP contribution in [0.4, 0.5) is 5.13 Å². The van der Waals surface area contributed by atoms with Crippen LogP contribution in [0.5, 0.6) is 0 Å². The third-order valence-electron chi connectivity index (χ3n) is 2.69. The Morgan fingerprint density at radius 2 is 2.05 bits per heavy atom. The summed E-state index contributed by atoms with van der Waals surface area (Å²) in [6, 6.07) is 7.61. The van der Waals surface area contributed by atoms with Crippen molar-refractivity contribution in [2.45, 2.75) is 13.8 Å². The van der Waals surface area contributed by atoms with Crippen LogP contribution in [0.15, 0.2) is 35.7 Å². The van der Waals surface area contributed by atoms with Crippen molar-refractivity contribution in [2.24, 2.45) is 0 Å². The summed E-state index contributed by atoms with van der Waals surface area (Å²) in [6.07, 6.45) is 3.10. The molecule has 114 valence electrons. The minimum absolute atomic E-state index is 0.139. The molecule has 2 rings (SSSR count). The van der Waals surface area contributed by atoms with E-state index in [-0.39, 0.29) is 11.9 Å². The Bertz CT molecular complexity index is 690. The molecule has 1 amide bonds. The lowest BCUT2D eigenvalue weighted by Crippen LogP contribution is -2.04. The fraction of sp³-hybridized carbons (Fsp3) is 0.188. The van der Waals surface area contributed by atoms with Gasteiger partial charge in [0.1, 0.15) is 0 Å². The van der Waals surface area contributed by atoms with Gasteiger partial charge in [0.05, 0.1) is 12.3 Å². The van der Waals surface area contributed by atoms with Crippen LogP contribution < -0.4 is 5.32 Å². The van der Waals surface area contributed by atoms with E-state index in [0.717, 1.165) is 16.8 Å². The Morgan fingerprint density at radius 3 is 2.68 bits per heavy atom. The molecule has 1 heterocycles. The Morgan fingerprint density at radius 1 is 1.32 bits per heavy atom. The van der Waals surface area contributed by atoms with Crippen molar-refractivity contribution in [1.82, 2.24) is 4.98 Å². The van der Waals surface area contributed by atoms with E-state index in [4.69, 9.17) is 4.74 Å². The third kappa shape index (κ3) is 4.53. The molecule has 1 N–H and O–H groups in total. The maximum atomic E-state index is 11.2. The number of hydrogen-bond donors (Lipinski definition) is 1. The smallest absolute Gasteiger partial charge is 0.330 e. The van der Waals surface area contributed by atoms with E-state index >= 15 is 0 Å². The van der Waals surface area contributed by atoms with E-state index < -0.39 is 0 Å². The average Bonchev–Trinajstić information content (AvgIpc) is 2.93. The summed E-state index contributed by atoms with van der Waals surface area (Å²) in [4.78, 5) is 26.6. The van der Waals surface area contributed by atoms with E-state index in [0.29, 0.717) is 11.7 Å². The molecule has 0 aliphatic rings. The minimum Gasteiger partial charge on any atom is -0.463 e. The van der Waals surface area contributed by atoms with Gasteiger partial charge >= 0.3 is 5.97 Å². The molecule has 2 aromatic rings. The first kappa shape index (κ1) is 15.9. The normalized spacial score (nSPS) is 10.6. The number of benzene rings is 1. The summed E-state index contributed by atoms with van der Waals surface area (Å²) in [5.74, 6) is -0.494. The number of anilines is 1. The van der Waals surface area contributed by atoms with Crippen LogP contribution in [0.2, 0.25) is 0 Å². The van der Waals surface area contributed by atoms with Gasteiger partial charge in [-0.3, -0.25) is 4.79 Å².